The second-order valence-electron chi connectivity index (χ2n) is 6.17. The van der Waals surface area contributed by atoms with Crippen molar-refractivity contribution in [3.8, 4) is 0 Å². The van der Waals surface area contributed by atoms with E-state index in [0.29, 0.717) is 11.8 Å². The first-order valence-corrected chi connectivity index (χ1v) is 7.70. The van der Waals surface area contributed by atoms with Crippen LogP contribution in [0.25, 0.3) is 0 Å². The molecule has 0 aromatic carbocycles. The second-order valence-corrected chi connectivity index (χ2v) is 6.17. The van der Waals surface area contributed by atoms with Gasteiger partial charge in [0, 0.05) is 31.6 Å². The van der Waals surface area contributed by atoms with Crippen molar-refractivity contribution >= 4 is 11.6 Å². The summed E-state index contributed by atoms with van der Waals surface area (Å²) in [6, 6.07) is 0. The van der Waals surface area contributed by atoms with Gasteiger partial charge in [-0.3, -0.25) is 0 Å². The van der Waals surface area contributed by atoms with E-state index in [0.717, 1.165) is 36.1 Å². The molecular formula is C16H30N4. The smallest absolute Gasteiger partial charge is 0.137 e. The highest BCUT2D eigenvalue weighted by Gasteiger charge is 2.15. The molecule has 114 valence electrons. The van der Waals surface area contributed by atoms with Crippen molar-refractivity contribution in [2.24, 2.45) is 5.92 Å². The number of nitrogens with zero attached hydrogens (tertiary/aromatic N) is 3. The lowest BCUT2D eigenvalue weighted by Crippen LogP contribution is -2.24. The maximum atomic E-state index is 4.77. The molecule has 0 aliphatic heterocycles. The predicted molar refractivity (Wildman–Crippen MR) is 87.7 cm³/mol. The quantitative estimate of drug-likeness (QED) is 0.823. The van der Waals surface area contributed by atoms with Crippen molar-refractivity contribution in [1.82, 2.24) is 9.97 Å². The van der Waals surface area contributed by atoms with Crippen molar-refractivity contribution < 1.29 is 0 Å². The number of aromatic nitrogens is 2. The van der Waals surface area contributed by atoms with E-state index >= 15 is 0 Å². The third-order valence-electron chi connectivity index (χ3n) is 3.40. The van der Waals surface area contributed by atoms with E-state index in [1.165, 1.54) is 6.42 Å². The van der Waals surface area contributed by atoms with Crippen molar-refractivity contribution in [2.45, 2.75) is 53.9 Å². The molecule has 0 aliphatic rings. The summed E-state index contributed by atoms with van der Waals surface area (Å²) in [6.45, 7) is 14.9. The minimum Gasteiger partial charge on any atom is -0.370 e. The lowest BCUT2D eigenvalue weighted by atomic mass is 10.1. The first-order chi connectivity index (χ1) is 9.36. The Morgan fingerprint density at radius 2 is 1.80 bits per heavy atom. The lowest BCUT2D eigenvalue weighted by molar-refractivity contribution is 0.582. The largest absolute Gasteiger partial charge is 0.370 e. The van der Waals surface area contributed by atoms with Crippen LogP contribution < -0.4 is 10.2 Å². The van der Waals surface area contributed by atoms with Gasteiger partial charge in [0.25, 0.3) is 0 Å². The predicted octanol–water partition coefficient (Wildman–Crippen LogP) is 3.82. The normalized spacial score (nSPS) is 11.2. The molecule has 0 amide bonds. The Bertz CT molecular complexity index is 427. The lowest BCUT2D eigenvalue weighted by Gasteiger charge is -2.23. The van der Waals surface area contributed by atoms with Gasteiger partial charge >= 0.3 is 0 Å². The van der Waals surface area contributed by atoms with Crippen molar-refractivity contribution in [3.63, 3.8) is 0 Å². The topological polar surface area (TPSA) is 41.1 Å². The fourth-order valence-corrected chi connectivity index (χ4v) is 2.05. The molecule has 4 heteroatoms. The van der Waals surface area contributed by atoms with E-state index in [9.17, 15) is 0 Å². The van der Waals surface area contributed by atoms with E-state index in [1.54, 1.807) is 0 Å². The number of anilines is 2. The molecule has 20 heavy (non-hydrogen) atoms. The second kappa shape index (κ2) is 7.46. The number of nitrogens with one attached hydrogen (secondary N) is 1. The third kappa shape index (κ3) is 4.36. The third-order valence-corrected chi connectivity index (χ3v) is 3.40. The summed E-state index contributed by atoms with van der Waals surface area (Å²) in [4.78, 5) is 11.7. The Kier molecular flexibility index (Phi) is 6.24. The van der Waals surface area contributed by atoms with Crippen LogP contribution in [0.5, 0.6) is 0 Å². The molecule has 1 N–H and O–H groups in total. The average molecular weight is 278 g/mol. The number of hydrogen-bond acceptors (Lipinski definition) is 4. The SMILES string of the molecule is CCNc1nc(C(C)C)nc(N(C)CCC(C)C)c1C. The van der Waals surface area contributed by atoms with Crippen molar-refractivity contribution in [2.75, 3.05) is 30.4 Å². The molecule has 0 spiro atoms. The molecule has 0 saturated carbocycles. The van der Waals surface area contributed by atoms with Gasteiger partial charge in [0.05, 0.1) is 0 Å². The Hall–Kier alpha value is -1.32. The van der Waals surface area contributed by atoms with Crippen LogP contribution in [0.4, 0.5) is 11.6 Å². The van der Waals surface area contributed by atoms with Gasteiger partial charge in [0.15, 0.2) is 0 Å². The van der Waals surface area contributed by atoms with E-state index in [1.807, 2.05) is 0 Å². The molecule has 4 nitrogen and oxygen atoms in total. The van der Waals surface area contributed by atoms with E-state index in [-0.39, 0.29) is 0 Å². The fraction of sp³-hybridized carbons (Fsp3) is 0.750. The van der Waals surface area contributed by atoms with Gasteiger partial charge in [0.1, 0.15) is 17.5 Å². The van der Waals surface area contributed by atoms with Gasteiger partial charge in [0.2, 0.25) is 0 Å². The summed E-state index contributed by atoms with van der Waals surface area (Å²) in [5.41, 5.74) is 1.14. The van der Waals surface area contributed by atoms with Crippen molar-refractivity contribution in [3.05, 3.63) is 11.4 Å². The van der Waals surface area contributed by atoms with Crippen LogP contribution in [-0.4, -0.2) is 30.1 Å². The van der Waals surface area contributed by atoms with E-state index in [2.05, 4.69) is 63.8 Å². The Labute approximate surface area is 124 Å². The molecule has 0 fully saturated rings. The summed E-state index contributed by atoms with van der Waals surface area (Å²) < 4.78 is 0. The zero-order valence-corrected chi connectivity index (χ0v) is 14.1. The first-order valence-electron chi connectivity index (χ1n) is 7.70. The van der Waals surface area contributed by atoms with Crippen LogP contribution in [0.2, 0.25) is 0 Å². The van der Waals surface area contributed by atoms with Gasteiger partial charge in [-0.25, -0.2) is 9.97 Å². The highest BCUT2D eigenvalue weighted by atomic mass is 15.2. The number of hydrogen-bond donors (Lipinski definition) is 1. The van der Waals surface area contributed by atoms with Gasteiger partial charge in [-0.15, -0.1) is 0 Å². The average Bonchev–Trinajstić information content (AvgIpc) is 2.38. The summed E-state index contributed by atoms with van der Waals surface area (Å²) in [5, 5.41) is 3.35. The highest BCUT2D eigenvalue weighted by Crippen LogP contribution is 2.25. The molecule has 0 bridgehead atoms. The van der Waals surface area contributed by atoms with Crippen LogP contribution in [0.15, 0.2) is 0 Å². The van der Waals surface area contributed by atoms with Crippen LogP contribution in [-0.2, 0) is 0 Å². The van der Waals surface area contributed by atoms with E-state index in [4.69, 9.17) is 4.98 Å². The zero-order valence-electron chi connectivity index (χ0n) is 14.1. The molecule has 1 aromatic rings. The maximum absolute atomic E-state index is 4.77. The monoisotopic (exact) mass is 278 g/mol. The molecule has 0 aliphatic carbocycles. The Morgan fingerprint density at radius 1 is 1.15 bits per heavy atom. The zero-order chi connectivity index (χ0) is 15.3. The highest BCUT2D eigenvalue weighted by molar-refractivity contribution is 5.58. The summed E-state index contributed by atoms with van der Waals surface area (Å²) in [5.74, 6) is 3.98. The standard InChI is InChI=1S/C16H30N4/c1-8-17-15-13(6)16(19-14(18-15)12(4)5)20(7)10-9-11(2)3/h11-12H,8-10H2,1-7H3,(H,17,18,19). The molecule has 1 rings (SSSR count). The summed E-state index contributed by atoms with van der Waals surface area (Å²) in [7, 11) is 2.12. The van der Waals surface area contributed by atoms with Gasteiger partial charge in [-0.05, 0) is 26.2 Å². The molecular weight excluding hydrogens is 248 g/mol. The van der Waals surface area contributed by atoms with Crippen LogP contribution in [0.1, 0.15) is 58.3 Å². The molecule has 1 aromatic heterocycles. The molecule has 0 unspecified atom stereocenters. The number of rotatable bonds is 7. The van der Waals surface area contributed by atoms with Crippen molar-refractivity contribution in [1.29, 1.82) is 0 Å². The first kappa shape index (κ1) is 16.7. The molecule has 1 heterocycles. The Morgan fingerprint density at radius 3 is 2.30 bits per heavy atom. The van der Waals surface area contributed by atoms with Crippen LogP contribution in [0, 0.1) is 12.8 Å². The summed E-state index contributed by atoms with van der Waals surface area (Å²) >= 11 is 0. The minimum atomic E-state index is 0.338. The van der Waals surface area contributed by atoms with E-state index < -0.39 is 0 Å². The summed E-state index contributed by atoms with van der Waals surface area (Å²) in [6.07, 6.45) is 1.17. The molecule has 0 radical (unpaired) electrons. The van der Waals surface area contributed by atoms with Gasteiger partial charge < -0.3 is 10.2 Å². The molecule has 0 saturated heterocycles. The van der Waals surface area contributed by atoms with Crippen LogP contribution in [0.3, 0.4) is 0 Å². The van der Waals surface area contributed by atoms with Gasteiger partial charge in [-0.1, -0.05) is 27.7 Å². The fourth-order valence-electron chi connectivity index (χ4n) is 2.05. The minimum absolute atomic E-state index is 0.338. The maximum Gasteiger partial charge on any atom is 0.137 e. The molecule has 0 atom stereocenters. The van der Waals surface area contributed by atoms with Gasteiger partial charge in [-0.2, -0.15) is 0 Å². The Balaban J connectivity index is 3.09. The van der Waals surface area contributed by atoms with Crippen LogP contribution >= 0.6 is 0 Å².